The monoisotopic (exact) mass is 297 g/mol. The number of nitro groups is 1. The predicted octanol–water partition coefficient (Wildman–Crippen LogP) is 3.37. The molecule has 0 aliphatic carbocycles. The minimum atomic E-state index is -0.381. The van der Waals surface area contributed by atoms with Crippen LogP contribution in [0.4, 0.5) is 11.5 Å². The molecule has 0 spiro atoms. The largest absolute Gasteiger partial charge is 0.356 e. The molecule has 1 fully saturated rings. The van der Waals surface area contributed by atoms with E-state index in [0.29, 0.717) is 11.5 Å². The van der Waals surface area contributed by atoms with E-state index in [1.807, 2.05) is 12.1 Å². The molecule has 2 heterocycles. The maximum atomic E-state index is 10.9. The van der Waals surface area contributed by atoms with Crippen LogP contribution in [-0.4, -0.2) is 23.0 Å². The Kier molecular flexibility index (Phi) is 4.04. The summed E-state index contributed by atoms with van der Waals surface area (Å²) in [5, 5.41) is 10.9. The first kappa shape index (κ1) is 14.5. The van der Waals surface area contributed by atoms with E-state index in [-0.39, 0.29) is 10.6 Å². The fourth-order valence-corrected chi connectivity index (χ4v) is 3.05. The minimum Gasteiger partial charge on any atom is -0.356 e. The minimum absolute atomic E-state index is 0.0868. The fraction of sp³-hybridized carbons (Fsp3) is 0.353. The van der Waals surface area contributed by atoms with Crippen LogP contribution >= 0.6 is 0 Å². The number of rotatable bonds is 4. The van der Waals surface area contributed by atoms with Gasteiger partial charge in [0.25, 0.3) is 5.69 Å². The first-order valence-electron chi connectivity index (χ1n) is 7.53. The maximum absolute atomic E-state index is 10.9. The van der Waals surface area contributed by atoms with Crippen molar-refractivity contribution >= 4 is 11.5 Å². The number of pyridine rings is 1. The lowest BCUT2D eigenvalue weighted by molar-refractivity contribution is -0.385. The van der Waals surface area contributed by atoms with Crippen LogP contribution in [0.2, 0.25) is 0 Å². The quantitative estimate of drug-likeness (QED) is 0.641. The summed E-state index contributed by atoms with van der Waals surface area (Å²) in [6.07, 6.45) is 3.57. The molecule has 5 heteroatoms. The number of aryl methyl sites for hydroxylation is 1. The number of benzene rings is 1. The molecule has 1 unspecified atom stereocenters. The zero-order chi connectivity index (χ0) is 15.5. The summed E-state index contributed by atoms with van der Waals surface area (Å²) in [7, 11) is 0. The second kappa shape index (κ2) is 6.13. The molecule has 1 aliphatic rings. The second-order valence-electron chi connectivity index (χ2n) is 5.88. The average Bonchev–Trinajstić information content (AvgIpc) is 2.96. The Morgan fingerprint density at radius 1 is 1.36 bits per heavy atom. The molecular formula is C17H19N3O2. The van der Waals surface area contributed by atoms with Gasteiger partial charge in [-0.1, -0.05) is 30.3 Å². The molecule has 114 valence electrons. The second-order valence-corrected chi connectivity index (χ2v) is 5.88. The third-order valence-electron chi connectivity index (χ3n) is 4.24. The first-order chi connectivity index (χ1) is 10.6. The van der Waals surface area contributed by atoms with E-state index < -0.39 is 0 Å². The molecule has 0 saturated carbocycles. The van der Waals surface area contributed by atoms with Gasteiger partial charge in [-0.3, -0.25) is 10.1 Å². The van der Waals surface area contributed by atoms with Crippen molar-refractivity contribution in [1.82, 2.24) is 4.98 Å². The Hall–Kier alpha value is -2.43. The molecule has 0 N–H and O–H groups in total. The summed E-state index contributed by atoms with van der Waals surface area (Å²) in [6.45, 7) is 3.68. The van der Waals surface area contributed by atoms with Gasteiger partial charge in [0.05, 0.1) is 4.92 Å². The highest BCUT2D eigenvalue weighted by atomic mass is 16.6. The molecule has 1 aromatic carbocycles. The molecule has 0 amide bonds. The molecule has 1 aliphatic heterocycles. The third kappa shape index (κ3) is 3.08. The lowest BCUT2D eigenvalue weighted by atomic mass is 9.99. The van der Waals surface area contributed by atoms with Crippen LogP contribution < -0.4 is 4.90 Å². The summed E-state index contributed by atoms with van der Waals surface area (Å²) in [4.78, 5) is 17.0. The average molecular weight is 297 g/mol. The number of aromatic nitrogens is 1. The van der Waals surface area contributed by atoms with Gasteiger partial charge >= 0.3 is 0 Å². The highest BCUT2D eigenvalue weighted by Crippen LogP contribution is 2.27. The summed E-state index contributed by atoms with van der Waals surface area (Å²) in [6, 6.07) is 12.3. The van der Waals surface area contributed by atoms with Crippen molar-refractivity contribution in [1.29, 1.82) is 0 Å². The van der Waals surface area contributed by atoms with E-state index in [1.54, 1.807) is 6.92 Å². The summed E-state index contributed by atoms with van der Waals surface area (Å²) < 4.78 is 0. The van der Waals surface area contributed by atoms with E-state index in [0.717, 1.165) is 31.7 Å². The van der Waals surface area contributed by atoms with E-state index >= 15 is 0 Å². The van der Waals surface area contributed by atoms with Gasteiger partial charge < -0.3 is 4.90 Å². The van der Waals surface area contributed by atoms with Crippen LogP contribution in [0.1, 0.15) is 17.5 Å². The molecular weight excluding hydrogens is 278 g/mol. The van der Waals surface area contributed by atoms with E-state index in [9.17, 15) is 10.1 Å². The maximum Gasteiger partial charge on any atom is 0.290 e. The zero-order valence-electron chi connectivity index (χ0n) is 12.6. The van der Waals surface area contributed by atoms with Crippen molar-refractivity contribution in [2.24, 2.45) is 5.92 Å². The fourth-order valence-electron chi connectivity index (χ4n) is 3.05. The van der Waals surface area contributed by atoms with Crippen molar-refractivity contribution in [3.05, 3.63) is 63.8 Å². The summed E-state index contributed by atoms with van der Waals surface area (Å²) in [5.74, 6) is 1.46. The van der Waals surface area contributed by atoms with Crippen LogP contribution in [-0.2, 0) is 6.42 Å². The van der Waals surface area contributed by atoms with Gasteiger partial charge in [0.1, 0.15) is 12.0 Å². The molecule has 3 rings (SSSR count). The number of hydrogen-bond donors (Lipinski definition) is 0. The molecule has 1 saturated heterocycles. The normalized spacial score (nSPS) is 17.7. The topological polar surface area (TPSA) is 59.3 Å². The van der Waals surface area contributed by atoms with Gasteiger partial charge in [-0.2, -0.15) is 0 Å². The molecule has 2 aromatic rings. The van der Waals surface area contributed by atoms with Gasteiger partial charge in [0.15, 0.2) is 0 Å². The van der Waals surface area contributed by atoms with Gasteiger partial charge in [-0.15, -0.1) is 0 Å². The Morgan fingerprint density at radius 2 is 2.14 bits per heavy atom. The molecule has 22 heavy (non-hydrogen) atoms. The van der Waals surface area contributed by atoms with Gasteiger partial charge in [-0.05, 0) is 37.3 Å². The van der Waals surface area contributed by atoms with E-state index in [2.05, 4.69) is 34.1 Å². The lowest BCUT2D eigenvalue weighted by Crippen LogP contribution is -2.21. The van der Waals surface area contributed by atoms with Crippen molar-refractivity contribution in [3.8, 4) is 0 Å². The molecule has 0 bridgehead atoms. The van der Waals surface area contributed by atoms with Gasteiger partial charge in [0.2, 0.25) is 0 Å². The Labute approximate surface area is 129 Å². The van der Waals surface area contributed by atoms with Gasteiger partial charge in [-0.25, -0.2) is 4.98 Å². The van der Waals surface area contributed by atoms with Crippen molar-refractivity contribution in [2.45, 2.75) is 19.8 Å². The SMILES string of the molecule is Cc1cc(N2CCC(Cc3ccccc3)C2)ncc1[N+](=O)[O-]. The molecule has 1 aromatic heterocycles. The van der Waals surface area contributed by atoms with Crippen molar-refractivity contribution < 1.29 is 4.92 Å². The highest BCUT2D eigenvalue weighted by Gasteiger charge is 2.24. The summed E-state index contributed by atoms with van der Waals surface area (Å²) >= 11 is 0. The van der Waals surface area contributed by atoms with Crippen LogP contribution in [0.5, 0.6) is 0 Å². The van der Waals surface area contributed by atoms with Crippen LogP contribution in [0.3, 0.4) is 0 Å². The molecule has 1 atom stereocenters. The van der Waals surface area contributed by atoms with Crippen LogP contribution in [0.15, 0.2) is 42.6 Å². The predicted molar refractivity (Wildman–Crippen MR) is 86.1 cm³/mol. The standard InChI is InChI=1S/C17H19N3O2/c1-13-9-17(18-11-16(13)20(21)22)19-8-7-15(12-19)10-14-5-3-2-4-6-14/h2-6,9,11,15H,7-8,10,12H2,1H3. The Morgan fingerprint density at radius 3 is 2.82 bits per heavy atom. The number of hydrogen-bond acceptors (Lipinski definition) is 4. The van der Waals surface area contributed by atoms with E-state index in [4.69, 9.17) is 0 Å². The lowest BCUT2D eigenvalue weighted by Gasteiger charge is -2.18. The highest BCUT2D eigenvalue weighted by molar-refractivity contribution is 5.49. The third-order valence-corrected chi connectivity index (χ3v) is 4.24. The summed E-state index contributed by atoms with van der Waals surface area (Å²) in [5.41, 5.74) is 2.12. The van der Waals surface area contributed by atoms with E-state index in [1.165, 1.54) is 11.8 Å². The Balaban J connectivity index is 1.67. The zero-order valence-corrected chi connectivity index (χ0v) is 12.6. The van der Waals surface area contributed by atoms with Gasteiger partial charge in [0, 0.05) is 18.7 Å². The van der Waals surface area contributed by atoms with Crippen molar-refractivity contribution in [3.63, 3.8) is 0 Å². The van der Waals surface area contributed by atoms with Crippen LogP contribution in [0, 0.1) is 23.0 Å². The van der Waals surface area contributed by atoms with Crippen molar-refractivity contribution in [2.75, 3.05) is 18.0 Å². The Bertz CT molecular complexity index is 673. The first-order valence-corrected chi connectivity index (χ1v) is 7.53. The molecule has 5 nitrogen and oxygen atoms in total. The smallest absolute Gasteiger partial charge is 0.290 e. The number of nitrogens with zero attached hydrogens (tertiary/aromatic N) is 3. The molecule has 0 radical (unpaired) electrons. The number of anilines is 1. The van der Waals surface area contributed by atoms with Crippen LogP contribution in [0.25, 0.3) is 0 Å².